The molecule has 0 amide bonds. The number of hydrogen-bond donors (Lipinski definition) is 1. The van der Waals surface area contributed by atoms with Crippen LogP contribution in [0.4, 0.5) is 0 Å². The SMILES string of the molecule is CC(Cc1ccccc1)N(O)C=C1C=CC(=O)C=C1. The topological polar surface area (TPSA) is 40.5 Å². The highest BCUT2D eigenvalue weighted by molar-refractivity contribution is 6.01. The highest BCUT2D eigenvalue weighted by Gasteiger charge is 2.09. The van der Waals surface area contributed by atoms with E-state index in [0.717, 1.165) is 12.0 Å². The highest BCUT2D eigenvalue weighted by Crippen LogP contribution is 2.11. The van der Waals surface area contributed by atoms with Crippen molar-refractivity contribution < 1.29 is 10.0 Å². The Kier molecular flexibility index (Phi) is 4.31. The molecule has 3 nitrogen and oxygen atoms in total. The molecule has 0 heterocycles. The van der Waals surface area contributed by atoms with Crippen molar-refractivity contribution in [3.8, 4) is 0 Å². The van der Waals surface area contributed by atoms with Gasteiger partial charge in [0.2, 0.25) is 0 Å². The molecule has 1 aromatic carbocycles. The molecule has 3 heteroatoms. The average Bonchev–Trinajstić information content (AvgIpc) is 2.42. The molecule has 1 aromatic rings. The molecule has 0 saturated carbocycles. The van der Waals surface area contributed by atoms with E-state index in [2.05, 4.69) is 0 Å². The first kappa shape index (κ1) is 13.3. The van der Waals surface area contributed by atoms with Crippen LogP contribution in [0.15, 0.2) is 66.4 Å². The molecule has 0 bridgehead atoms. The molecular formula is C16H17NO2. The zero-order chi connectivity index (χ0) is 13.7. The smallest absolute Gasteiger partial charge is 0.178 e. The molecule has 1 aliphatic rings. The van der Waals surface area contributed by atoms with E-state index in [1.54, 1.807) is 18.4 Å². The number of allylic oxidation sites excluding steroid dienone is 5. The minimum absolute atomic E-state index is 0.0287. The van der Waals surface area contributed by atoms with Gasteiger partial charge in [-0.25, -0.2) is 0 Å². The quantitative estimate of drug-likeness (QED) is 0.841. The normalized spacial score (nSPS) is 15.5. The largest absolute Gasteiger partial charge is 0.290 e. The van der Waals surface area contributed by atoms with E-state index in [1.807, 2.05) is 37.3 Å². The fourth-order valence-electron chi connectivity index (χ4n) is 1.88. The Hall–Kier alpha value is -2.13. The molecule has 0 fully saturated rings. The number of nitrogens with zero attached hydrogens (tertiary/aromatic N) is 1. The summed E-state index contributed by atoms with van der Waals surface area (Å²) in [5, 5.41) is 11.2. The molecule has 1 unspecified atom stereocenters. The van der Waals surface area contributed by atoms with E-state index >= 15 is 0 Å². The average molecular weight is 255 g/mol. The molecule has 0 aliphatic heterocycles. The first-order chi connectivity index (χ1) is 9.15. The zero-order valence-electron chi connectivity index (χ0n) is 10.9. The summed E-state index contributed by atoms with van der Waals surface area (Å²) < 4.78 is 0. The van der Waals surface area contributed by atoms with Crippen molar-refractivity contribution in [2.24, 2.45) is 0 Å². The summed E-state index contributed by atoms with van der Waals surface area (Å²) in [5.41, 5.74) is 1.99. The van der Waals surface area contributed by atoms with Crippen LogP contribution in [0, 0.1) is 0 Å². The van der Waals surface area contributed by atoms with E-state index < -0.39 is 0 Å². The number of carbonyl (C=O) groups is 1. The fraction of sp³-hybridized carbons (Fsp3) is 0.188. The third-order valence-electron chi connectivity index (χ3n) is 2.99. The maximum absolute atomic E-state index is 11.0. The van der Waals surface area contributed by atoms with Crippen molar-refractivity contribution in [2.75, 3.05) is 0 Å². The molecule has 1 aliphatic carbocycles. The Morgan fingerprint density at radius 3 is 2.42 bits per heavy atom. The number of hydrogen-bond acceptors (Lipinski definition) is 3. The summed E-state index contributed by atoms with van der Waals surface area (Å²) in [5.74, 6) is -0.0287. The molecular weight excluding hydrogens is 238 g/mol. The Morgan fingerprint density at radius 2 is 1.79 bits per heavy atom. The van der Waals surface area contributed by atoms with E-state index in [4.69, 9.17) is 0 Å². The molecule has 1 atom stereocenters. The predicted octanol–water partition coefficient (Wildman–Crippen LogP) is 2.89. The molecule has 1 N–H and O–H groups in total. The van der Waals surface area contributed by atoms with Gasteiger partial charge in [-0.15, -0.1) is 0 Å². The van der Waals surface area contributed by atoms with Crippen molar-refractivity contribution in [1.29, 1.82) is 0 Å². The van der Waals surface area contributed by atoms with Crippen LogP contribution in [0.25, 0.3) is 0 Å². The standard InChI is InChI=1S/C16H17NO2/c1-13(11-14-5-3-2-4-6-14)17(19)12-15-7-9-16(18)10-8-15/h2-10,12-13,19H,11H2,1H3. The van der Waals surface area contributed by atoms with E-state index in [9.17, 15) is 10.0 Å². The third-order valence-corrected chi connectivity index (χ3v) is 2.99. The Balaban J connectivity index is 1.98. The summed E-state index contributed by atoms with van der Waals surface area (Å²) in [7, 11) is 0. The van der Waals surface area contributed by atoms with E-state index in [1.165, 1.54) is 22.8 Å². The minimum Gasteiger partial charge on any atom is -0.290 e. The molecule has 98 valence electrons. The lowest BCUT2D eigenvalue weighted by Gasteiger charge is -2.21. The van der Waals surface area contributed by atoms with Crippen molar-refractivity contribution >= 4 is 5.78 Å². The van der Waals surface area contributed by atoms with Crippen LogP contribution < -0.4 is 0 Å². The molecule has 19 heavy (non-hydrogen) atoms. The van der Waals surface area contributed by atoms with E-state index in [-0.39, 0.29) is 11.8 Å². The van der Waals surface area contributed by atoms with Crippen molar-refractivity contribution in [2.45, 2.75) is 19.4 Å². The van der Waals surface area contributed by atoms with Crippen LogP contribution in [0.1, 0.15) is 12.5 Å². The second kappa shape index (κ2) is 6.16. The van der Waals surface area contributed by atoms with Crippen LogP contribution >= 0.6 is 0 Å². The van der Waals surface area contributed by atoms with Gasteiger partial charge in [0.15, 0.2) is 5.78 Å². The summed E-state index contributed by atoms with van der Waals surface area (Å²) in [6, 6.07) is 9.99. The summed E-state index contributed by atoms with van der Waals surface area (Å²) in [4.78, 5) is 11.0. The van der Waals surface area contributed by atoms with Crippen molar-refractivity contribution in [3.05, 3.63) is 72.0 Å². The maximum Gasteiger partial charge on any atom is 0.178 e. The van der Waals surface area contributed by atoms with Gasteiger partial charge in [-0.3, -0.25) is 15.1 Å². The molecule has 0 aromatic heterocycles. The van der Waals surface area contributed by atoms with Gasteiger partial charge in [0.25, 0.3) is 0 Å². The lowest BCUT2D eigenvalue weighted by Crippen LogP contribution is -2.27. The van der Waals surface area contributed by atoms with Crippen molar-refractivity contribution in [3.63, 3.8) is 0 Å². The molecule has 0 saturated heterocycles. The van der Waals surface area contributed by atoms with Gasteiger partial charge in [-0.1, -0.05) is 30.3 Å². The molecule has 2 rings (SSSR count). The number of rotatable bonds is 4. The maximum atomic E-state index is 11.0. The Morgan fingerprint density at radius 1 is 1.16 bits per heavy atom. The van der Waals surface area contributed by atoms with Gasteiger partial charge in [0.05, 0.1) is 6.04 Å². The third kappa shape index (κ3) is 3.93. The van der Waals surface area contributed by atoms with Gasteiger partial charge in [-0.2, -0.15) is 0 Å². The van der Waals surface area contributed by atoms with Crippen LogP contribution in [0.2, 0.25) is 0 Å². The molecule has 0 spiro atoms. The van der Waals surface area contributed by atoms with Gasteiger partial charge >= 0.3 is 0 Å². The van der Waals surface area contributed by atoms with Gasteiger partial charge in [0, 0.05) is 6.20 Å². The Labute approximate surface area is 113 Å². The monoisotopic (exact) mass is 255 g/mol. The van der Waals surface area contributed by atoms with E-state index in [0.29, 0.717) is 0 Å². The second-order valence-electron chi connectivity index (χ2n) is 4.62. The summed E-state index contributed by atoms with van der Waals surface area (Å²) in [6.07, 6.45) is 8.76. The number of ketones is 1. The van der Waals surface area contributed by atoms with Crippen LogP contribution in [-0.4, -0.2) is 22.1 Å². The van der Waals surface area contributed by atoms with Crippen LogP contribution in [-0.2, 0) is 11.2 Å². The number of hydroxylamine groups is 2. The number of benzene rings is 1. The van der Waals surface area contributed by atoms with Gasteiger partial charge < -0.3 is 0 Å². The fourth-order valence-corrected chi connectivity index (χ4v) is 1.88. The van der Waals surface area contributed by atoms with Crippen LogP contribution in [0.3, 0.4) is 0 Å². The van der Waals surface area contributed by atoms with Crippen molar-refractivity contribution in [1.82, 2.24) is 5.06 Å². The lowest BCUT2D eigenvalue weighted by molar-refractivity contribution is -0.110. The summed E-state index contributed by atoms with van der Waals surface area (Å²) >= 11 is 0. The first-order valence-corrected chi connectivity index (χ1v) is 6.28. The predicted molar refractivity (Wildman–Crippen MR) is 74.6 cm³/mol. The molecule has 0 radical (unpaired) electrons. The number of carbonyl (C=O) groups excluding carboxylic acids is 1. The van der Waals surface area contributed by atoms with Gasteiger partial charge in [0.1, 0.15) is 0 Å². The highest BCUT2D eigenvalue weighted by atomic mass is 16.5. The summed E-state index contributed by atoms with van der Waals surface area (Å²) in [6.45, 7) is 1.95. The lowest BCUT2D eigenvalue weighted by atomic mass is 10.1. The van der Waals surface area contributed by atoms with Crippen LogP contribution in [0.5, 0.6) is 0 Å². The minimum atomic E-state index is -0.0330. The van der Waals surface area contributed by atoms with Gasteiger partial charge in [-0.05, 0) is 48.8 Å². The second-order valence-corrected chi connectivity index (χ2v) is 4.62. The first-order valence-electron chi connectivity index (χ1n) is 6.28. The zero-order valence-corrected chi connectivity index (χ0v) is 10.9. The Bertz CT molecular complexity index is 511.